The third-order valence-electron chi connectivity index (χ3n) is 4.68. The number of carbonyl (C=O) groups is 2. The second-order valence-corrected chi connectivity index (χ2v) is 12.8. The largest absolute Gasteiger partial charge is 0.463 e. The number of ether oxygens (including phenoxy) is 1. The lowest BCUT2D eigenvalue weighted by Crippen LogP contribution is -2.45. The van der Waals surface area contributed by atoms with Crippen molar-refractivity contribution in [1.82, 2.24) is 0 Å². The molecule has 0 spiro atoms. The van der Waals surface area contributed by atoms with Crippen LogP contribution in [-0.4, -0.2) is 33.3 Å². The first-order chi connectivity index (χ1) is 11.9. The lowest BCUT2D eigenvalue weighted by molar-refractivity contribution is -0.137. The van der Waals surface area contributed by atoms with Crippen LogP contribution in [-0.2, 0) is 18.8 Å². The van der Waals surface area contributed by atoms with E-state index in [2.05, 4.69) is 46.9 Å². The molecule has 0 amide bonds. The molecule has 0 fully saturated rings. The third-order valence-corrected chi connectivity index (χ3v) is 9.19. The van der Waals surface area contributed by atoms with Crippen molar-refractivity contribution >= 4 is 20.6 Å². The molecule has 0 radical (unpaired) electrons. The van der Waals surface area contributed by atoms with Crippen LogP contribution in [0.1, 0.15) is 48.0 Å². The zero-order valence-corrected chi connectivity index (χ0v) is 18.7. The molecule has 0 aromatic rings. The Labute approximate surface area is 160 Å². The number of aldehydes is 1. The molecule has 0 saturated heterocycles. The molecule has 148 valence electrons. The average Bonchev–Trinajstić information content (AvgIpc) is 2.50. The number of carbonyl (C=O) groups excluding carboxylic acids is 2. The molecule has 0 unspecified atom stereocenters. The van der Waals surface area contributed by atoms with Gasteiger partial charge in [-0.15, -0.1) is 0 Å². The van der Waals surface area contributed by atoms with Gasteiger partial charge < -0.3 is 14.0 Å². The number of esters is 1. The van der Waals surface area contributed by atoms with Gasteiger partial charge in [-0.2, -0.15) is 0 Å². The van der Waals surface area contributed by atoms with Gasteiger partial charge in [-0.25, -0.2) is 4.79 Å². The predicted octanol–water partition coefficient (Wildman–Crippen LogP) is 5.22. The highest BCUT2D eigenvalue weighted by Crippen LogP contribution is 2.38. The van der Waals surface area contributed by atoms with E-state index >= 15 is 0 Å². The summed E-state index contributed by atoms with van der Waals surface area (Å²) in [7, 11) is -1.94. The maximum atomic E-state index is 11.2. The minimum atomic E-state index is -1.94. The molecule has 0 aliphatic carbocycles. The standard InChI is InChI=1S/C21H36O4Si/c1-9-24-20(23)13-11-10-12-17(2)16-18(3)19(14-15-22)25-26(7,8)21(4,5)6/h10-13,15-16,18-19H,9,14H2,1-8H3/b12-10+,13-11?,17-16+/t18-,19-/m0/s1. The van der Waals surface area contributed by atoms with E-state index in [4.69, 9.17) is 9.16 Å². The molecule has 0 saturated carbocycles. The van der Waals surface area contributed by atoms with Crippen LogP contribution >= 0.6 is 0 Å². The molecule has 4 nitrogen and oxygen atoms in total. The maximum absolute atomic E-state index is 11.2. The Hall–Kier alpha value is -1.46. The van der Waals surface area contributed by atoms with Gasteiger partial charge >= 0.3 is 5.97 Å². The summed E-state index contributed by atoms with van der Waals surface area (Å²) < 4.78 is 11.3. The van der Waals surface area contributed by atoms with Crippen LogP contribution in [0.25, 0.3) is 0 Å². The molecular weight excluding hydrogens is 344 g/mol. The number of hydrogen-bond donors (Lipinski definition) is 0. The van der Waals surface area contributed by atoms with Crippen molar-refractivity contribution in [3.05, 3.63) is 36.0 Å². The second kappa shape index (κ2) is 11.3. The maximum Gasteiger partial charge on any atom is 0.330 e. The summed E-state index contributed by atoms with van der Waals surface area (Å²) in [5, 5.41) is 0.102. The molecule has 0 bridgehead atoms. The van der Waals surface area contributed by atoms with Crippen LogP contribution in [0, 0.1) is 5.92 Å². The Balaban J connectivity index is 5.02. The first-order valence-corrected chi connectivity index (χ1v) is 12.2. The van der Waals surface area contributed by atoms with E-state index in [1.54, 1.807) is 19.1 Å². The Morgan fingerprint density at radius 3 is 2.23 bits per heavy atom. The fraction of sp³-hybridized carbons (Fsp3) is 0.619. The summed E-state index contributed by atoms with van der Waals surface area (Å²) in [6, 6.07) is 0. The van der Waals surface area contributed by atoms with Crippen molar-refractivity contribution in [2.45, 2.75) is 72.2 Å². The zero-order valence-electron chi connectivity index (χ0n) is 17.7. The summed E-state index contributed by atoms with van der Waals surface area (Å²) in [6.45, 7) is 17.2. The van der Waals surface area contributed by atoms with Crippen molar-refractivity contribution in [3.63, 3.8) is 0 Å². The van der Waals surface area contributed by atoms with Crippen LogP contribution in [0.2, 0.25) is 18.1 Å². The lowest BCUT2D eigenvalue weighted by atomic mass is 9.99. The first-order valence-electron chi connectivity index (χ1n) is 9.26. The number of hydrogen-bond acceptors (Lipinski definition) is 4. The first kappa shape index (κ1) is 24.5. The van der Waals surface area contributed by atoms with Crippen molar-refractivity contribution in [3.8, 4) is 0 Å². The van der Waals surface area contributed by atoms with Gasteiger partial charge in [-0.3, -0.25) is 0 Å². The van der Waals surface area contributed by atoms with Gasteiger partial charge in [0.05, 0.1) is 12.7 Å². The van der Waals surface area contributed by atoms with Crippen molar-refractivity contribution < 1.29 is 18.8 Å². The molecule has 5 heteroatoms. The van der Waals surface area contributed by atoms with Gasteiger partial charge in [0.15, 0.2) is 8.32 Å². The summed E-state index contributed by atoms with van der Waals surface area (Å²) >= 11 is 0. The molecule has 0 aliphatic rings. The average molecular weight is 381 g/mol. The van der Waals surface area contributed by atoms with Gasteiger partial charge in [0.1, 0.15) is 6.29 Å². The molecule has 2 atom stereocenters. The van der Waals surface area contributed by atoms with Gasteiger partial charge in [-0.05, 0) is 37.9 Å². The summed E-state index contributed by atoms with van der Waals surface area (Å²) in [6.07, 6.45) is 10.1. The fourth-order valence-electron chi connectivity index (χ4n) is 2.13. The molecular formula is C21H36O4Si. The molecule has 0 N–H and O–H groups in total. The summed E-state index contributed by atoms with van der Waals surface area (Å²) in [5.74, 6) is -0.228. The monoisotopic (exact) mass is 380 g/mol. The molecule has 0 rings (SSSR count). The van der Waals surface area contributed by atoms with Crippen LogP contribution < -0.4 is 0 Å². The van der Waals surface area contributed by atoms with Gasteiger partial charge in [-0.1, -0.05) is 57.6 Å². The van der Waals surface area contributed by atoms with E-state index in [0.717, 1.165) is 11.9 Å². The van der Waals surface area contributed by atoms with Gasteiger partial charge in [0.2, 0.25) is 0 Å². The smallest absolute Gasteiger partial charge is 0.330 e. The van der Waals surface area contributed by atoms with Crippen molar-refractivity contribution in [1.29, 1.82) is 0 Å². The minimum Gasteiger partial charge on any atom is -0.463 e. The molecule has 0 heterocycles. The SMILES string of the molecule is CCOC(=O)C=C/C=C/C(C)=C/[C@H](C)[C@H](CC=O)O[Si](C)(C)C(C)(C)C. The van der Waals surface area contributed by atoms with E-state index in [1.165, 1.54) is 6.08 Å². The van der Waals surface area contributed by atoms with Gasteiger partial charge in [0, 0.05) is 12.5 Å². The predicted molar refractivity (Wildman–Crippen MR) is 111 cm³/mol. The fourth-order valence-corrected chi connectivity index (χ4v) is 3.55. The Morgan fingerprint density at radius 2 is 1.73 bits per heavy atom. The quantitative estimate of drug-likeness (QED) is 0.171. The van der Waals surface area contributed by atoms with E-state index in [0.29, 0.717) is 13.0 Å². The highest BCUT2D eigenvalue weighted by Gasteiger charge is 2.39. The summed E-state index contributed by atoms with van der Waals surface area (Å²) in [5.41, 5.74) is 1.06. The lowest BCUT2D eigenvalue weighted by Gasteiger charge is -2.40. The highest BCUT2D eigenvalue weighted by atomic mass is 28.4. The Bertz CT molecular complexity index is 539. The molecule has 0 aromatic carbocycles. The molecule has 0 aliphatic heterocycles. The van der Waals surface area contributed by atoms with Crippen molar-refractivity contribution in [2.24, 2.45) is 5.92 Å². The van der Waals surface area contributed by atoms with Gasteiger partial charge in [0.25, 0.3) is 0 Å². The molecule has 26 heavy (non-hydrogen) atoms. The topological polar surface area (TPSA) is 52.6 Å². The second-order valence-electron chi connectivity index (χ2n) is 8.06. The van der Waals surface area contributed by atoms with E-state index in [9.17, 15) is 9.59 Å². The zero-order chi connectivity index (χ0) is 20.4. The van der Waals surface area contributed by atoms with Crippen molar-refractivity contribution in [2.75, 3.05) is 6.61 Å². The van der Waals surface area contributed by atoms with E-state index < -0.39 is 8.32 Å². The van der Waals surface area contributed by atoms with E-state index in [-0.39, 0.29) is 23.0 Å². The Morgan fingerprint density at radius 1 is 1.15 bits per heavy atom. The normalized spacial score (nSPS) is 16.1. The van der Waals surface area contributed by atoms with Crippen LogP contribution in [0.4, 0.5) is 0 Å². The minimum absolute atomic E-state index is 0.102. The Kier molecular flexibility index (Phi) is 10.7. The summed E-state index contributed by atoms with van der Waals surface area (Å²) in [4.78, 5) is 22.4. The third kappa shape index (κ3) is 9.29. The van der Waals surface area contributed by atoms with E-state index in [1.807, 2.05) is 13.0 Å². The van der Waals surface area contributed by atoms with Crippen LogP contribution in [0.5, 0.6) is 0 Å². The highest BCUT2D eigenvalue weighted by molar-refractivity contribution is 6.74. The molecule has 0 aromatic heterocycles. The number of rotatable bonds is 10. The van der Waals surface area contributed by atoms with Crippen LogP contribution in [0.15, 0.2) is 36.0 Å². The number of allylic oxidation sites excluding steroid dienone is 4. The van der Waals surface area contributed by atoms with Crippen LogP contribution in [0.3, 0.4) is 0 Å².